The summed E-state index contributed by atoms with van der Waals surface area (Å²) in [5, 5.41) is 2.74. The van der Waals surface area contributed by atoms with E-state index in [2.05, 4.69) is 5.32 Å². The highest BCUT2D eigenvalue weighted by molar-refractivity contribution is 5.92. The monoisotopic (exact) mass is 238 g/mol. The number of carbonyl (C=O) groups excluding carboxylic acids is 1. The lowest BCUT2D eigenvalue weighted by Crippen LogP contribution is -2.23. The number of nitrogens with two attached hydrogens (primary N) is 1. The zero-order valence-electron chi connectivity index (χ0n) is 9.41. The van der Waals surface area contributed by atoms with E-state index < -0.39 is 0 Å². The van der Waals surface area contributed by atoms with Gasteiger partial charge in [-0.2, -0.15) is 0 Å². The van der Waals surface area contributed by atoms with Gasteiger partial charge in [-0.1, -0.05) is 0 Å². The molecule has 5 heteroatoms. The first-order chi connectivity index (χ1) is 8.20. The molecular formula is C12H15FN2O2. The van der Waals surface area contributed by atoms with Gasteiger partial charge >= 0.3 is 0 Å². The molecule has 0 aromatic heterocycles. The molecule has 0 saturated carbocycles. The van der Waals surface area contributed by atoms with Crippen molar-refractivity contribution in [2.45, 2.75) is 13.0 Å². The molecule has 1 atom stereocenters. The molecule has 1 aliphatic rings. The maximum atomic E-state index is 13.2. The van der Waals surface area contributed by atoms with Gasteiger partial charge in [-0.25, -0.2) is 4.39 Å². The number of ether oxygens (including phenoxy) is 1. The lowest BCUT2D eigenvalue weighted by Gasteiger charge is -2.10. The summed E-state index contributed by atoms with van der Waals surface area (Å²) in [4.78, 5) is 11.8. The molecular weight excluding hydrogens is 223 g/mol. The van der Waals surface area contributed by atoms with Crippen LogP contribution in [-0.2, 0) is 16.1 Å². The summed E-state index contributed by atoms with van der Waals surface area (Å²) in [7, 11) is 0. The minimum atomic E-state index is -0.352. The highest BCUT2D eigenvalue weighted by Crippen LogP contribution is 2.18. The third-order valence-electron chi connectivity index (χ3n) is 2.83. The number of carbonyl (C=O) groups is 1. The Labute approximate surface area is 98.9 Å². The number of nitrogens with one attached hydrogen (secondary N) is 1. The highest BCUT2D eigenvalue weighted by atomic mass is 19.1. The van der Waals surface area contributed by atoms with Crippen molar-refractivity contribution < 1.29 is 13.9 Å². The number of benzene rings is 1. The van der Waals surface area contributed by atoms with E-state index in [4.69, 9.17) is 10.5 Å². The molecule has 1 amide bonds. The molecule has 1 aromatic rings. The maximum absolute atomic E-state index is 13.2. The van der Waals surface area contributed by atoms with E-state index in [9.17, 15) is 9.18 Å². The van der Waals surface area contributed by atoms with E-state index in [0.717, 1.165) is 6.42 Å². The number of hydrogen-bond acceptors (Lipinski definition) is 3. The molecule has 1 unspecified atom stereocenters. The van der Waals surface area contributed by atoms with Gasteiger partial charge < -0.3 is 15.8 Å². The first-order valence-electron chi connectivity index (χ1n) is 5.58. The Kier molecular flexibility index (Phi) is 3.71. The topological polar surface area (TPSA) is 64.3 Å². The zero-order chi connectivity index (χ0) is 12.3. The number of halogens is 1. The Morgan fingerprint density at radius 3 is 3.06 bits per heavy atom. The van der Waals surface area contributed by atoms with Crippen molar-refractivity contribution in [2.75, 3.05) is 18.5 Å². The minimum Gasteiger partial charge on any atom is -0.381 e. The van der Waals surface area contributed by atoms with E-state index in [-0.39, 0.29) is 24.2 Å². The average molecular weight is 238 g/mol. The Balaban J connectivity index is 2.05. The quantitative estimate of drug-likeness (QED) is 0.833. The largest absolute Gasteiger partial charge is 0.381 e. The fourth-order valence-corrected chi connectivity index (χ4v) is 1.79. The van der Waals surface area contributed by atoms with Crippen molar-refractivity contribution >= 4 is 11.6 Å². The van der Waals surface area contributed by atoms with E-state index in [1.807, 2.05) is 0 Å². The maximum Gasteiger partial charge on any atom is 0.229 e. The van der Waals surface area contributed by atoms with Crippen LogP contribution in [0.25, 0.3) is 0 Å². The summed E-state index contributed by atoms with van der Waals surface area (Å²) in [6, 6.07) is 4.40. The van der Waals surface area contributed by atoms with Crippen LogP contribution in [0.1, 0.15) is 12.0 Å². The SMILES string of the molecule is NCc1cc(NC(=O)C2CCOC2)ccc1F. The number of anilines is 1. The molecule has 0 spiro atoms. The third kappa shape index (κ3) is 2.81. The van der Waals surface area contributed by atoms with Gasteiger partial charge in [-0.15, -0.1) is 0 Å². The van der Waals surface area contributed by atoms with Gasteiger partial charge in [0.25, 0.3) is 0 Å². The molecule has 1 saturated heterocycles. The molecule has 3 N–H and O–H groups in total. The van der Waals surface area contributed by atoms with Gasteiger partial charge in [-0.3, -0.25) is 4.79 Å². The average Bonchev–Trinajstić information content (AvgIpc) is 2.85. The van der Waals surface area contributed by atoms with Crippen molar-refractivity contribution in [3.8, 4) is 0 Å². The van der Waals surface area contributed by atoms with Crippen molar-refractivity contribution in [3.63, 3.8) is 0 Å². The van der Waals surface area contributed by atoms with Crippen LogP contribution in [0.4, 0.5) is 10.1 Å². The Morgan fingerprint density at radius 2 is 2.41 bits per heavy atom. The van der Waals surface area contributed by atoms with Crippen molar-refractivity contribution in [1.29, 1.82) is 0 Å². The molecule has 0 bridgehead atoms. The summed E-state index contributed by atoms with van der Waals surface area (Å²) >= 11 is 0. The Morgan fingerprint density at radius 1 is 1.59 bits per heavy atom. The molecule has 1 heterocycles. The summed E-state index contributed by atoms with van der Waals surface area (Å²) < 4.78 is 18.3. The Bertz CT molecular complexity index is 417. The Hall–Kier alpha value is -1.46. The third-order valence-corrected chi connectivity index (χ3v) is 2.83. The van der Waals surface area contributed by atoms with Crippen molar-refractivity contribution in [1.82, 2.24) is 0 Å². The van der Waals surface area contributed by atoms with Crippen LogP contribution in [-0.4, -0.2) is 19.1 Å². The molecule has 92 valence electrons. The fraction of sp³-hybridized carbons (Fsp3) is 0.417. The van der Waals surface area contributed by atoms with Crippen LogP contribution >= 0.6 is 0 Å². The second kappa shape index (κ2) is 5.25. The van der Waals surface area contributed by atoms with Crippen LogP contribution in [0, 0.1) is 11.7 Å². The van der Waals surface area contributed by atoms with Gasteiger partial charge in [0.15, 0.2) is 0 Å². The predicted octanol–water partition coefficient (Wildman–Crippen LogP) is 1.26. The van der Waals surface area contributed by atoms with Gasteiger partial charge in [0.05, 0.1) is 12.5 Å². The first-order valence-corrected chi connectivity index (χ1v) is 5.58. The second-order valence-electron chi connectivity index (χ2n) is 4.06. The molecule has 1 aromatic carbocycles. The summed E-state index contributed by atoms with van der Waals surface area (Å²) in [6.07, 6.45) is 0.733. The van der Waals surface area contributed by atoms with Crippen LogP contribution in [0.2, 0.25) is 0 Å². The summed E-state index contributed by atoms with van der Waals surface area (Å²) in [5.41, 5.74) is 6.37. The summed E-state index contributed by atoms with van der Waals surface area (Å²) in [5.74, 6) is -0.548. The molecule has 1 fully saturated rings. The van der Waals surface area contributed by atoms with Gasteiger partial charge in [0.2, 0.25) is 5.91 Å². The van der Waals surface area contributed by atoms with Crippen LogP contribution in [0.5, 0.6) is 0 Å². The molecule has 4 nitrogen and oxygen atoms in total. The normalized spacial score (nSPS) is 19.3. The first kappa shape index (κ1) is 12.0. The van der Waals surface area contributed by atoms with E-state index >= 15 is 0 Å². The lowest BCUT2D eigenvalue weighted by atomic mass is 10.1. The van der Waals surface area contributed by atoms with Crippen LogP contribution in [0.3, 0.4) is 0 Å². The smallest absolute Gasteiger partial charge is 0.229 e. The standard InChI is InChI=1S/C12H15FN2O2/c13-11-2-1-10(5-9(11)6-14)15-12(16)8-3-4-17-7-8/h1-2,5,8H,3-4,6-7,14H2,(H,15,16). The zero-order valence-corrected chi connectivity index (χ0v) is 9.41. The van der Waals surface area contributed by atoms with Gasteiger partial charge in [-0.05, 0) is 24.6 Å². The lowest BCUT2D eigenvalue weighted by molar-refractivity contribution is -0.119. The van der Waals surface area contributed by atoms with E-state index in [1.165, 1.54) is 12.1 Å². The minimum absolute atomic E-state index is 0.0860. The molecule has 0 aliphatic carbocycles. The molecule has 0 radical (unpaired) electrons. The number of amides is 1. The highest BCUT2D eigenvalue weighted by Gasteiger charge is 2.23. The predicted molar refractivity (Wildman–Crippen MR) is 61.8 cm³/mol. The van der Waals surface area contributed by atoms with Crippen molar-refractivity contribution in [3.05, 3.63) is 29.6 Å². The van der Waals surface area contributed by atoms with E-state index in [0.29, 0.717) is 24.5 Å². The fourth-order valence-electron chi connectivity index (χ4n) is 1.79. The van der Waals surface area contributed by atoms with Crippen molar-refractivity contribution in [2.24, 2.45) is 11.7 Å². The van der Waals surface area contributed by atoms with E-state index in [1.54, 1.807) is 6.07 Å². The summed E-state index contributed by atoms with van der Waals surface area (Å²) in [6.45, 7) is 1.19. The molecule has 1 aliphatic heterocycles. The molecule has 2 rings (SSSR count). The second-order valence-corrected chi connectivity index (χ2v) is 4.06. The number of rotatable bonds is 3. The number of hydrogen-bond donors (Lipinski definition) is 2. The van der Waals surface area contributed by atoms with Gasteiger partial charge in [0, 0.05) is 24.4 Å². The molecule has 17 heavy (non-hydrogen) atoms. The van der Waals surface area contributed by atoms with Crippen LogP contribution in [0.15, 0.2) is 18.2 Å². The van der Waals surface area contributed by atoms with Crippen LogP contribution < -0.4 is 11.1 Å². The van der Waals surface area contributed by atoms with Gasteiger partial charge in [0.1, 0.15) is 5.82 Å².